The lowest BCUT2D eigenvalue weighted by Crippen LogP contribution is -2.66. The van der Waals surface area contributed by atoms with Crippen LogP contribution in [-0.4, -0.2) is 56.8 Å². The molecule has 0 aliphatic carbocycles. The number of benzene rings is 1. The van der Waals surface area contributed by atoms with Gasteiger partial charge in [0.1, 0.15) is 18.0 Å². The molecule has 0 bridgehead atoms. The van der Waals surface area contributed by atoms with Gasteiger partial charge in [0.2, 0.25) is 0 Å². The summed E-state index contributed by atoms with van der Waals surface area (Å²) in [6.07, 6.45) is -1.72. The molecule has 0 unspecified atom stereocenters. The number of fused-ring (bicyclic) bond motifs is 1. The lowest BCUT2D eigenvalue weighted by Gasteiger charge is -2.51. The molecule has 0 saturated carbocycles. The molecule has 0 spiro atoms. The number of hydrogen-bond donors (Lipinski definition) is 1. The topological polar surface area (TPSA) is 110 Å². The molecule has 2 aliphatic heterocycles. The largest absolute Gasteiger partial charge is 0.446 e. The van der Waals surface area contributed by atoms with Gasteiger partial charge in [0.25, 0.3) is 5.56 Å². The maximum atomic E-state index is 13.1. The number of aromatic amines is 1. The molecule has 10 nitrogen and oxygen atoms in total. The van der Waals surface area contributed by atoms with Gasteiger partial charge in [0, 0.05) is 24.0 Å². The van der Waals surface area contributed by atoms with E-state index < -0.39 is 52.9 Å². The summed E-state index contributed by atoms with van der Waals surface area (Å²) >= 11 is 5.53. The minimum absolute atomic E-state index is 0.0643. The first-order chi connectivity index (χ1) is 19.7. The third-order valence-corrected chi connectivity index (χ3v) is 18.6. The second-order valence-corrected chi connectivity index (χ2v) is 21.5. The second kappa shape index (κ2) is 12.8. The molecule has 3 heterocycles. The number of para-hydroxylation sites is 1. The molecule has 4 atom stereocenters. The predicted octanol–water partition coefficient (Wildman–Crippen LogP) is 5.45. The Morgan fingerprint density at radius 2 is 1.57 bits per heavy atom. The van der Waals surface area contributed by atoms with Gasteiger partial charge in [-0.15, -0.1) is 0 Å². The van der Waals surface area contributed by atoms with E-state index >= 15 is 0 Å². The summed E-state index contributed by atoms with van der Waals surface area (Å²) in [5.74, 6) is 0.509. The Labute approximate surface area is 255 Å². The molecule has 2 fully saturated rings. The fraction of sp³-hybridized carbons (Fsp3) is 0.621. The standard InChI is InChI=1S/C29H44N2O8SSi2/c1-17(2)41(18(3)4)34-16-23-24(38-42(39-41,19(5)6)20(7)8)25(37-29(40)35-22-13-11-10-12-14-22)27(36-23)31-15-21(9)26(32)30-28(31)33/h10-15,17-20,23-25,27H,16H2,1-9H3,(H,30,32,33)/t23-,24-,25-,27-/m0/s1. The van der Waals surface area contributed by atoms with Crippen molar-refractivity contribution in [3.05, 3.63) is 62.9 Å². The van der Waals surface area contributed by atoms with Gasteiger partial charge >= 0.3 is 28.0 Å². The minimum atomic E-state index is -3.05. The SMILES string of the molecule is Cc1cn([C@H]2O[C@H]3CO[Si](C(C)C)(C(C)C)O[Si](C(C)C)(C(C)C)O[C@@H]3[C@@H]2OC(=S)Oc2ccccc2)c(=O)[nH]c1=O. The highest BCUT2D eigenvalue weighted by molar-refractivity contribution is 7.79. The highest BCUT2D eigenvalue weighted by atomic mass is 32.1. The van der Waals surface area contributed by atoms with Crippen LogP contribution in [0.1, 0.15) is 67.2 Å². The van der Waals surface area contributed by atoms with E-state index in [9.17, 15) is 9.59 Å². The Kier molecular flexibility index (Phi) is 10.0. The van der Waals surface area contributed by atoms with Crippen molar-refractivity contribution < 1.29 is 27.2 Å². The zero-order valence-corrected chi connectivity index (χ0v) is 28.7. The highest BCUT2D eigenvalue weighted by Crippen LogP contribution is 2.48. The Bertz CT molecular complexity index is 1350. The number of rotatable bonds is 7. The summed E-state index contributed by atoms with van der Waals surface area (Å²) in [6, 6.07) is 9.06. The van der Waals surface area contributed by atoms with Crippen LogP contribution in [0.4, 0.5) is 0 Å². The quantitative estimate of drug-likeness (QED) is 0.313. The normalized spacial score (nSPS) is 25.4. The Balaban J connectivity index is 1.82. The molecule has 42 heavy (non-hydrogen) atoms. The van der Waals surface area contributed by atoms with Crippen LogP contribution in [0.25, 0.3) is 0 Å². The van der Waals surface area contributed by atoms with Crippen LogP contribution in [0.2, 0.25) is 22.2 Å². The van der Waals surface area contributed by atoms with E-state index in [-0.39, 0.29) is 34.0 Å². The molecular formula is C29H44N2O8SSi2. The van der Waals surface area contributed by atoms with Crippen molar-refractivity contribution in [2.75, 3.05) is 6.61 Å². The maximum absolute atomic E-state index is 13.1. The average molecular weight is 637 g/mol. The van der Waals surface area contributed by atoms with Gasteiger partial charge in [-0.25, -0.2) is 4.79 Å². The molecule has 0 amide bonds. The van der Waals surface area contributed by atoms with Crippen LogP contribution in [0, 0.1) is 6.92 Å². The van der Waals surface area contributed by atoms with E-state index in [1.807, 2.05) is 18.2 Å². The maximum Gasteiger partial charge on any atom is 0.358 e. The zero-order chi connectivity index (χ0) is 31.0. The second-order valence-electron chi connectivity index (χ2n) is 12.3. The monoisotopic (exact) mass is 636 g/mol. The molecular weight excluding hydrogens is 593 g/mol. The van der Waals surface area contributed by atoms with Crippen LogP contribution in [0.15, 0.2) is 46.1 Å². The number of ether oxygens (including phenoxy) is 3. The van der Waals surface area contributed by atoms with Gasteiger partial charge in [0.15, 0.2) is 12.3 Å². The molecule has 2 aliphatic rings. The number of hydrogen-bond acceptors (Lipinski definition) is 9. The molecule has 0 radical (unpaired) electrons. The molecule has 1 N–H and O–H groups in total. The number of thiocarbonyl (C=S) groups is 1. The first kappa shape index (κ1) is 32.8. The Hall–Kier alpha value is -2.14. The number of nitrogens with zero attached hydrogens (tertiary/aromatic N) is 1. The summed E-state index contributed by atoms with van der Waals surface area (Å²) in [7, 11) is -5.88. The van der Waals surface area contributed by atoms with Crippen molar-refractivity contribution in [3.8, 4) is 5.75 Å². The van der Waals surface area contributed by atoms with E-state index in [0.717, 1.165) is 0 Å². The fourth-order valence-corrected chi connectivity index (χ4v) is 17.4. The first-order valence-corrected chi connectivity index (χ1v) is 19.0. The van der Waals surface area contributed by atoms with Gasteiger partial charge in [-0.1, -0.05) is 73.6 Å². The molecule has 2 saturated heterocycles. The van der Waals surface area contributed by atoms with Gasteiger partial charge in [-0.3, -0.25) is 14.3 Å². The number of H-pyrrole nitrogens is 1. The summed E-state index contributed by atoms with van der Waals surface area (Å²) in [5, 5.41) is -0.142. The van der Waals surface area contributed by atoms with Crippen molar-refractivity contribution in [2.24, 2.45) is 0 Å². The van der Waals surface area contributed by atoms with Crippen molar-refractivity contribution in [2.45, 2.75) is 109 Å². The van der Waals surface area contributed by atoms with Crippen molar-refractivity contribution in [1.82, 2.24) is 9.55 Å². The molecule has 2 aromatic rings. The van der Waals surface area contributed by atoms with E-state index in [1.165, 1.54) is 10.8 Å². The summed E-state index contributed by atoms with van der Waals surface area (Å²) in [5.41, 5.74) is -0.308. The number of aromatic nitrogens is 2. The average Bonchev–Trinajstić information content (AvgIpc) is 3.21. The van der Waals surface area contributed by atoms with E-state index in [4.69, 9.17) is 39.4 Å². The van der Waals surface area contributed by atoms with Gasteiger partial charge < -0.3 is 27.2 Å². The van der Waals surface area contributed by atoms with Gasteiger partial charge in [-0.2, -0.15) is 0 Å². The zero-order valence-electron chi connectivity index (χ0n) is 25.9. The van der Waals surface area contributed by atoms with Gasteiger partial charge in [0.05, 0.1) is 6.61 Å². The minimum Gasteiger partial charge on any atom is -0.446 e. The Morgan fingerprint density at radius 1 is 0.976 bits per heavy atom. The smallest absolute Gasteiger partial charge is 0.358 e. The van der Waals surface area contributed by atoms with Crippen LogP contribution in [0.5, 0.6) is 5.75 Å². The van der Waals surface area contributed by atoms with E-state index in [2.05, 4.69) is 60.4 Å². The lowest BCUT2D eigenvalue weighted by molar-refractivity contribution is -0.0599. The van der Waals surface area contributed by atoms with E-state index in [1.54, 1.807) is 19.1 Å². The molecule has 232 valence electrons. The lowest BCUT2D eigenvalue weighted by atomic mass is 10.1. The first-order valence-electron chi connectivity index (χ1n) is 14.6. The van der Waals surface area contributed by atoms with Crippen LogP contribution in [0.3, 0.4) is 0 Å². The molecule has 13 heteroatoms. The number of aryl methyl sites for hydroxylation is 1. The van der Waals surface area contributed by atoms with Crippen molar-refractivity contribution >= 4 is 34.6 Å². The predicted molar refractivity (Wildman–Crippen MR) is 168 cm³/mol. The number of nitrogens with one attached hydrogen (secondary N) is 1. The van der Waals surface area contributed by atoms with Crippen molar-refractivity contribution in [3.63, 3.8) is 0 Å². The summed E-state index contributed by atoms with van der Waals surface area (Å²) < 4.78 is 41.4. The van der Waals surface area contributed by atoms with Crippen molar-refractivity contribution in [1.29, 1.82) is 0 Å². The summed E-state index contributed by atoms with van der Waals surface area (Å²) in [4.78, 5) is 27.7. The third-order valence-electron chi connectivity index (χ3n) is 8.21. The summed E-state index contributed by atoms with van der Waals surface area (Å²) in [6.45, 7) is 18.9. The molecule has 1 aromatic heterocycles. The highest BCUT2D eigenvalue weighted by Gasteiger charge is 2.62. The van der Waals surface area contributed by atoms with Crippen LogP contribution >= 0.6 is 12.2 Å². The molecule has 1 aromatic carbocycles. The van der Waals surface area contributed by atoms with E-state index in [0.29, 0.717) is 11.3 Å². The van der Waals surface area contributed by atoms with Crippen LogP contribution < -0.4 is 16.0 Å². The Morgan fingerprint density at radius 3 is 2.14 bits per heavy atom. The van der Waals surface area contributed by atoms with Crippen LogP contribution in [-0.2, 0) is 22.4 Å². The fourth-order valence-electron chi connectivity index (χ4n) is 5.97. The third kappa shape index (κ3) is 6.23. The molecule has 4 rings (SSSR count). The van der Waals surface area contributed by atoms with Gasteiger partial charge in [-0.05, 0) is 41.2 Å².